The summed E-state index contributed by atoms with van der Waals surface area (Å²) < 4.78 is 37.4. The van der Waals surface area contributed by atoms with Crippen LogP contribution >= 0.6 is 0 Å². The molecule has 46 heavy (non-hydrogen) atoms. The van der Waals surface area contributed by atoms with Gasteiger partial charge in [0.1, 0.15) is 30.0 Å². The van der Waals surface area contributed by atoms with Gasteiger partial charge < -0.3 is 38.6 Å². The molecule has 7 bridgehead atoms. The predicted molar refractivity (Wildman–Crippen MR) is 159 cm³/mol. The number of aliphatic hydroxyl groups excluding tert-OH is 1. The topological polar surface area (TPSA) is 157 Å². The molecule has 5 aliphatic carbocycles. The van der Waals surface area contributed by atoms with Crippen LogP contribution in [0.15, 0.2) is 30.3 Å². The van der Waals surface area contributed by atoms with E-state index in [9.17, 15) is 25.1 Å². The molecule has 0 aromatic heterocycles. The standard InChI is InChI=1S/C34H44N2O10/c1-17(37)46-34-22-19(14-32(40,29(44-6)27(34)38)28(22)45-30(39)18-10-8-7-9-11-18)33-21(42-4)12-13-31(16-41-3)20(15-35)36(2)26(33)23(34)24(43-5)25(31)33/h7-11,19-29,38,40H,12-14,16H2,1-6H3/t19-,20-,21+,22-,23-,24+,25-,26?,27+,28-,29+,31-,32-,33+,34-/m1/s1. The molecule has 12 heteroatoms. The zero-order chi connectivity index (χ0) is 33.0. The van der Waals surface area contributed by atoms with Crippen molar-refractivity contribution in [3.8, 4) is 6.07 Å². The van der Waals surface area contributed by atoms with Crippen LogP contribution in [0.2, 0.25) is 0 Å². The van der Waals surface area contributed by atoms with Crippen molar-refractivity contribution in [3.63, 3.8) is 0 Å². The van der Waals surface area contributed by atoms with E-state index in [1.54, 1.807) is 51.7 Å². The van der Waals surface area contributed by atoms with Crippen LogP contribution in [0.1, 0.15) is 36.5 Å². The fourth-order valence-corrected chi connectivity index (χ4v) is 12.5. The Morgan fingerprint density at radius 3 is 2.37 bits per heavy atom. The van der Waals surface area contributed by atoms with Gasteiger partial charge in [-0.25, -0.2) is 4.79 Å². The molecule has 1 spiro atoms. The lowest BCUT2D eigenvalue weighted by Crippen LogP contribution is -2.81. The minimum absolute atomic E-state index is 0.0765. The van der Waals surface area contributed by atoms with Crippen molar-refractivity contribution in [2.24, 2.45) is 34.5 Å². The number of methoxy groups -OCH3 is 4. The number of benzene rings is 1. The second-order valence-electron chi connectivity index (χ2n) is 14.3. The van der Waals surface area contributed by atoms with Crippen molar-refractivity contribution in [3.05, 3.63) is 35.9 Å². The summed E-state index contributed by atoms with van der Waals surface area (Å²) in [5.74, 6) is -3.69. The highest BCUT2D eigenvalue weighted by atomic mass is 16.6. The van der Waals surface area contributed by atoms with Crippen molar-refractivity contribution in [2.45, 2.75) is 80.0 Å². The van der Waals surface area contributed by atoms with Gasteiger partial charge in [-0.05, 0) is 44.4 Å². The molecule has 1 aliphatic heterocycles. The molecule has 1 saturated heterocycles. The first-order valence-corrected chi connectivity index (χ1v) is 16.1. The summed E-state index contributed by atoms with van der Waals surface area (Å²) in [6, 6.07) is 10.0. The van der Waals surface area contributed by atoms with E-state index in [1.165, 1.54) is 14.0 Å². The van der Waals surface area contributed by atoms with Crippen LogP contribution in [0.3, 0.4) is 0 Å². The van der Waals surface area contributed by atoms with Crippen LogP contribution in [-0.4, -0.2) is 123 Å². The number of nitriles is 1. The van der Waals surface area contributed by atoms with Gasteiger partial charge in [0.2, 0.25) is 0 Å². The van der Waals surface area contributed by atoms with E-state index in [-0.39, 0.29) is 25.0 Å². The van der Waals surface area contributed by atoms with E-state index >= 15 is 0 Å². The molecule has 5 saturated carbocycles. The van der Waals surface area contributed by atoms with Crippen LogP contribution in [0.25, 0.3) is 0 Å². The molecule has 1 aromatic rings. The molecule has 15 atom stereocenters. The Kier molecular flexibility index (Phi) is 7.42. The molecule has 250 valence electrons. The van der Waals surface area contributed by atoms with Crippen molar-refractivity contribution in [1.82, 2.24) is 4.90 Å². The summed E-state index contributed by atoms with van der Waals surface area (Å²) in [5.41, 5.74) is -4.73. The van der Waals surface area contributed by atoms with E-state index < -0.39 is 88.2 Å². The highest BCUT2D eigenvalue weighted by molar-refractivity contribution is 5.89. The Balaban J connectivity index is 1.53. The van der Waals surface area contributed by atoms with Crippen molar-refractivity contribution in [2.75, 3.05) is 42.1 Å². The summed E-state index contributed by atoms with van der Waals surface area (Å²) in [4.78, 5) is 29.0. The summed E-state index contributed by atoms with van der Waals surface area (Å²) in [6.07, 6.45) is -3.65. The van der Waals surface area contributed by atoms with Crippen molar-refractivity contribution >= 4 is 11.9 Å². The fourth-order valence-electron chi connectivity index (χ4n) is 12.5. The van der Waals surface area contributed by atoms with Crippen molar-refractivity contribution < 1.29 is 48.2 Å². The number of ether oxygens (including phenoxy) is 6. The number of carbonyl (C=O) groups excluding carboxylic acids is 2. The largest absolute Gasteiger partial charge is 0.455 e. The molecule has 1 aromatic carbocycles. The third kappa shape index (κ3) is 3.47. The Bertz CT molecular complexity index is 1440. The highest BCUT2D eigenvalue weighted by Crippen LogP contribution is 2.81. The zero-order valence-corrected chi connectivity index (χ0v) is 27.1. The molecule has 0 radical (unpaired) electrons. The Morgan fingerprint density at radius 1 is 1.07 bits per heavy atom. The van der Waals surface area contributed by atoms with Gasteiger partial charge in [-0.3, -0.25) is 9.69 Å². The Labute approximate surface area is 268 Å². The van der Waals surface area contributed by atoms with Gasteiger partial charge in [-0.1, -0.05) is 18.2 Å². The smallest absolute Gasteiger partial charge is 0.338 e. The SMILES string of the molecule is COC[C@@]12CC[C@H](OC)[C@]34C([C@@H]([C@H](OC)[C@H]13)[C@]1(OC(C)=O)[C@H]3[C@@H](OC(=O)c5ccccc5)[C@](O)(C[C@H]34)[C@@H](OC)[C@@H]1O)N(C)[C@@H]2C#N. The number of carbonyl (C=O) groups is 2. The van der Waals surface area contributed by atoms with E-state index in [4.69, 9.17) is 28.4 Å². The maximum absolute atomic E-state index is 13.7. The number of hydrogen-bond donors (Lipinski definition) is 2. The number of piperidine rings is 1. The summed E-state index contributed by atoms with van der Waals surface area (Å²) in [6.45, 7) is 1.56. The number of hydrogen-bond acceptors (Lipinski definition) is 12. The van der Waals surface area contributed by atoms with Crippen LogP contribution in [0, 0.1) is 45.8 Å². The number of aliphatic hydroxyl groups is 2. The third-order valence-electron chi connectivity index (χ3n) is 13.1. The molecule has 0 amide bonds. The summed E-state index contributed by atoms with van der Waals surface area (Å²) >= 11 is 0. The van der Waals surface area contributed by atoms with Gasteiger partial charge in [0, 0.05) is 70.0 Å². The fraction of sp³-hybridized carbons (Fsp3) is 0.735. The van der Waals surface area contributed by atoms with Gasteiger partial charge in [-0.2, -0.15) is 5.26 Å². The Morgan fingerprint density at radius 2 is 1.78 bits per heavy atom. The summed E-state index contributed by atoms with van der Waals surface area (Å²) in [7, 11) is 8.21. The molecule has 6 aliphatic rings. The van der Waals surface area contributed by atoms with Crippen molar-refractivity contribution in [1.29, 1.82) is 5.26 Å². The minimum Gasteiger partial charge on any atom is -0.455 e. The zero-order valence-electron chi connectivity index (χ0n) is 27.1. The first-order valence-electron chi connectivity index (χ1n) is 16.1. The van der Waals surface area contributed by atoms with Gasteiger partial charge in [0.15, 0.2) is 5.60 Å². The number of esters is 2. The third-order valence-corrected chi connectivity index (χ3v) is 13.1. The van der Waals surface area contributed by atoms with E-state index in [2.05, 4.69) is 11.0 Å². The highest BCUT2D eigenvalue weighted by Gasteiger charge is 2.92. The maximum atomic E-state index is 13.7. The first-order chi connectivity index (χ1) is 22.0. The number of rotatable bonds is 8. The van der Waals surface area contributed by atoms with Gasteiger partial charge >= 0.3 is 11.9 Å². The van der Waals surface area contributed by atoms with Gasteiger partial charge in [0.25, 0.3) is 0 Å². The molecular formula is C34H44N2O10. The lowest BCUT2D eigenvalue weighted by atomic mass is 9.41. The van der Waals surface area contributed by atoms with E-state index in [0.29, 0.717) is 18.4 Å². The van der Waals surface area contributed by atoms with Crippen LogP contribution in [0.5, 0.6) is 0 Å². The minimum atomic E-state index is -1.83. The lowest BCUT2D eigenvalue weighted by Gasteiger charge is -2.70. The molecule has 7 rings (SSSR count). The second kappa shape index (κ2) is 10.7. The molecule has 1 unspecified atom stereocenters. The average molecular weight is 641 g/mol. The number of nitrogens with zero attached hydrogens (tertiary/aromatic N) is 2. The molecule has 12 nitrogen and oxygen atoms in total. The molecule has 2 N–H and O–H groups in total. The molecule has 6 fully saturated rings. The van der Waals surface area contributed by atoms with E-state index in [0.717, 1.165) is 0 Å². The van der Waals surface area contributed by atoms with Gasteiger partial charge in [-0.15, -0.1) is 0 Å². The lowest BCUT2D eigenvalue weighted by molar-refractivity contribution is -0.318. The van der Waals surface area contributed by atoms with Crippen LogP contribution in [-0.2, 0) is 33.2 Å². The average Bonchev–Trinajstić information content (AvgIpc) is 3.44. The maximum Gasteiger partial charge on any atom is 0.338 e. The second-order valence-corrected chi connectivity index (χ2v) is 14.3. The normalized spacial score (nSPS) is 49.7. The number of fused-ring (bicyclic) bond motifs is 2. The predicted octanol–water partition coefficient (Wildman–Crippen LogP) is 1.18. The Hall–Kier alpha value is -2.63. The summed E-state index contributed by atoms with van der Waals surface area (Å²) in [5, 5.41) is 36.0. The van der Waals surface area contributed by atoms with Gasteiger partial charge in [0.05, 0.1) is 30.4 Å². The quantitative estimate of drug-likeness (QED) is 0.392. The van der Waals surface area contributed by atoms with Crippen LogP contribution in [0.4, 0.5) is 0 Å². The van der Waals surface area contributed by atoms with Crippen LogP contribution < -0.4 is 0 Å². The van der Waals surface area contributed by atoms with E-state index in [1.807, 2.05) is 7.05 Å². The number of likely N-dealkylation sites (tertiary alicyclic amines) is 1. The first kappa shape index (κ1) is 31.9. The molecular weight excluding hydrogens is 596 g/mol. The monoisotopic (exact) mass is 640 g/mol. The molecule has 1 heterocycles.